The summed E-state index contributed by atoms with van der Waals surface area (Å²) in [5.41, 5.74) is 20.7. The van der Waals surface area contributed by atoms with Crippen LogP contribution >= 0.6 is 11.3 Å². The Balaban J connectivity index is 0.697. The molecule has 20 aromatic rings. The van der Waals surface area contributed by atoms with Crippen molar-refractivity contribution in [3.05, 3.63) is 388 Å². The molecule has 1 heterocycles. The predicted molar refractivity (Wildman–Crippen MR) is 444 cm³/mol. The summed E-state index contributed by atoms with van der Waals surface area (Å²) < 4.78 is 2.51. The molecule has 0 spiro atoms. The molecule has 480 valence electrons. The Morgan fingerprint density at radius 1 is 0.165 bits per heavy atom. The topological polar surface area (TPSA) is 6.48 Å². The van der Waals surface area contributed by atoms with Gasteiger partial charge in [0, 0.05) is 54.0 Å². The molecule has 0 saturated heterocycles. The van der Waals surface area contributed by atoms with Crippen LogP contribution in [0.15, 0.2) is 388 Å². The molecule has 0 radical (unpaired) electrons. The number of hydrogen-bond acceptors (Lipinski definition) is 3. The summed E-state index contributed by atoms with van der Waals surface area (Å²) in [5.74, 6) is 0. The summed E-state index contributed by atoms with van der Waals surface area (Å²) in [7, 11) is 0. The Morgan fingerprint density at radius 3 is 1.10 bits per heavy atom. The smallest absolute Gasteiger partial charge is 0.0540 e. The molecular formula is C100H64N2S. The summed E-state index contributed by atoms with van der Waals surface area (Å²) >= 11 is 1.88. The molecule has 0 amide bonds. The molecule has 0 aliphatic carbocycles. The Kier molecular flexibility index (Phi) is 14.5. The van der Waals surface area contributed by atoms with Crippen molar-refractivity contribution in [1.29, 1.82) is 0 Å². The summed E-state index contributed by atoms with van der Waals surface area (Å²) in [5, 5.41) is 19.7. The second-order valence-electron chi connectivity index (χ2n) is 27.1. The second-order valence-corrected chi connectivity index (χ2v) is 28.2. The number of benzene rings is 19. The number of fused-ring (bicyclic) bond motifs is 12. The zero-order valence-corrected chi connectivity index (χ0v) is 57.1. The lowest BCUT2D eigenvalue weighted by Gasteiger charge is -2.28. The molecule has 0 fully saturated rings. The van der Waals surface area contributed by atoms with Gasteiger partial charge < -0.3 is 9.80 Å². The molecule has 2 nitrogen and oxygen atoms in total. The van der Waals surface area contributed by atoms with Crippen molar-refractivity contribution in [1.82, 2.24) is 0 Å². The molecule has 0 atom stereocenters. The maximum absolute atomic E-state index is 2.48. The third kappa shape index (κ3) is 10.6. The van der Waals surface area contributed by atoms with Crippen LogP contribution in [0.25, 0.3) is 162 Å². The van der Waals surface area contributed by atoms with Gasteiger partial charge in [0.25, 0.3) is 0 Å². The van der Waals surface area contributed by atoms with E-state index in [0.717, 1.165) is 56.4 Å². The van der Waals surface area contributed by atoms with E-state index in [0.29, 0.717) is 0 Å². The predicted octanol–water partition coefficient (Wildman–Crippen LogP) is 29.1. The van der Waals surface area contributed by atoms with Crippen molar-refractivity contribution in [2.24, 2.45) is 0 Å². The van der Waals surface area contributed by atoms with E-state index >= 15 is 0 Å². The zero-order valence-electron chi connectivity index (χ0n) is 56.3. The lowest BCUT2D eigenvalue weighted by atomic mass is 9.93. The second kappa shape index (κ2) is 24.9. The van der Waals surface area contributed by atoms with Gasteiger partial charge in [0.2, 0.25) is 0 Å². The summed E-state index contributed by atoms with van der Waals surface area (Å²) in [6.07, 6.45) is 0. The van der Waals surface area contributed by atoms with E-state index in [4.69, 9.17) is 0 Å². The number of nitrogens with zero attached hydrogens (tertiary/aromatic N) is 2. The van der Waals surface area contributed by atoms with Crippen LogP contribution in [0.1, 0.15) is 0 Å². The third-order valence-electron chi connectivity index (χ3n) is 21.1. The molecule has 0 N–H and O–H groups in total. The minimum absolute atomic E-state index is 1.07. The molecule has 0 bridgehead atoms. The van der Waals surface area contributed by atoms with Crippen molar-refractivity contribution in [3.8, 4) is 66.8 Å². The Morgan fingerprint density at radius 2 is 0.534 bits per heavy atom. The molecule has 19 aromatic carbocycles. The summed E-state index contributed by atoms with van der Waals surface area (Å²) in [6, 6.07) is 144. The SMILES string of the molecule is c1cc(-c2cc3ccccc3c3ccccc23)cc(N(c2ccc(-c3ccc4ccccc4c3)cc2)c2ccccc2-c2ccc3ccc(-c4cccc5c4sc4ccc(N(c6cccc(-c7cc8ccccc8c8ccccc78)c6)c6ccccc6-c6ccc7ccccc7c6)cc45)cc3c2)c1. The highest BCUT2D eigenvalue weighted by molar-refractivity contribution is 7.26. The molecule has 0 saturated carbocycles. The normalized spacial score (nSPS) is 11.7. The van der Waals surface area contributed by atoms with Gasteiger partial charge in [-0.15, -0.1) is 11.3 Å². The monoisotopic (exact) mass is 1320 g/mol. The number of thiophene rings is 1. The van der Waals surface area contributed by atoms with E-state index in [1.54, 1.807) is 0 Å². The number of para-hydroxylation sites is 2. The first-order valence-corrected chi connectivity index (χ1v) is 36.2. The van der Waals surface area contributed by atoms with Crippen molar-refractivity contribution in [2.75, 3.05) is 9.80 Å². The molecule has 0 aliphatic rings. The maximum Gasteiger partial charge on any atom is 0.0540 e. The molecule has 0 aliphatic heterocycles. The van der Waals surface area contributed by atoms with Gasteiger partial charge in [-0.05, 0) is 234 Å². The van der Waals surface area contributed by atoms with Gasteiger partial charge in [-0.1, -0.05) is 285 Å². The van der Waals surface area contributed by atoms with E-state index in [-0.39, 0.29) is 0 Å². The standard InChI is InChI=1S/C100H64N2S/c1-3-22-69-56-71(46-42-65(69)20-1)67-50-52-80(53-51-67)101(81-28-17-26-72(60-81)94-62-74-24-5-7-30-84(74)89-34-9-11-36-91(89)94)97-40-15-13-33-87(97)77-48-44-68-45-49-78(59-79(68)58-77)88-38-19-39-93-96-64-83(54-55-99(96)103-100(88)93)102(98-41-16-14-32-86(98)76-47-43-66-21-2-4-23-70(66)57-76)82-29-18-27-73(61-82)95-63-75-25-6-8-31-85(75)90-35-10-12-37-92(90)95/h1-64H. The van der Waals surface area contributed by atoms with Gasteiger partial charge in [0.15, 0.2) is 0 Å². The lowest BCUT2D eigenvalue weighted by molar-refractivity contribution is 1.28. The fourth-order valence-electron chi connectivity index (χ4n) is 16.2. The molecule has 3 heteroatoms. The third-order valence-corrected chi connectivity index (χ3v) is 22.3. The van der Waals surface area contributed by atoms with Crippen molar-refractivity contribution in [2.45, 2.75) is 0 Å². The Hall–Kier alpha value is -13.2. The van der Waals surface area contributed by atoms with E-state index in [1.165, 1.54) is 140 Å². The van der Waals surface area contributed by atoms with E-state index in [1.807, 2.05) is 11.3 Å². The first-order chi connectivity index (χ1) is 51.0. The minimum Gasteiger partial charge on any atom is -0.310 e. The average molecular weight is 1330 g/mol. The van der Waals surface area contributed by atoms with Gasteiger partial charge in [0.05, 0.1) is 11.4 Å². The quantitative estimate of drug-likeness (QED) is 0.113. The van der Waals surface area contributed by atoms with Gasteiger partial charge in [0.1, 0.15) is 0 Å². The fourth-order valence-corrected chi connectivity index (χ4v) is 17.4. The minimum atomic E-state index is 1.07. The largest absolute Gasteiger partial charge is 0.310 e. The van der Waals surface area contributed by atoms with Gasteiger partial charge in [-0.25, -0.2) is 0 Å². The Labute approximate surface area is 601 Å². The highest BCUT2D eigenvalue weighted by Gasteiger charge is 2.24. The summed E-state index contributed by atoms with van der Waals surface area (Å²) in [4.78, 5) is 4.93. The van der Waals surface area contributed by atoms with E-state index < -0.39 is 0 Å². The zero-order chi connectivity index (χ0) is 67.9. The van der Waals surface area contributed by atoms with E-state index in [9.17, 15) is 0 Å². The van der Waals surface area contributed by atoms with E-state index in [2.05, 4.69) is 398 Å². The number of hydrogen-bond donors (Lipinski definition) is 0. The van der Waals surface area contributed by atoms with Crippen LogP contribution in [0.2, 0.25) is 0 Å². The maximum atomic E-state index is 2.48. The van der Waals surface area contributed by atoms with Crippen LogP contribution < -0.4 is 9.80 Å². The van der Waals surface area contributed by atoms with Crippen LogP contribution in [0.3, 0.4) is 0 Å². The lowest BCUT2D eigenvalue weighted by Crippen LogP contribution is -2.11. The van der Waals surface area contributed by atoms with Crippen LogP contribution in [0.5, 0.6) is 0 Å². The average Bonchev–Trinajstić information content (AvgIpc) is 1.74. The van der Waals surface area contributed by atoms with Crippen molar-refractivity contribution in [3.63, 3.8) is 0 Å². The highest BCUT2D eigenvalue weighted by atomic mass is 32.1. The molecule has 20 rings (SSSR count). The molecule has 0 unspecified atom stereocenters. The van der Waals surface area contributed by atoms with Crippen LogP contribution in [0.4, 0.5) is 34.1 Å². The number of rotatable bonds is 12. The molecule has 103 heavy (non-hydrogen) atoms. The first-order valence-electron chi connectivity index (χ1n) is 35.4. The van der Waals surface area contributed by atoms with Crippen molar-refractivity contribution >= 4 is 141 Å². The van der Waals surface area contributed by atoms with Gasteiger partial charge in [-0.2, -0.15) is 0 Å². The van der Waals surface area contributed by atoms with Crippen LogP contribution in [-0.2, 0) is 0 Å². The highest BCUT2D eigenvalue weighted by Crippen LogP contribution is 2.49. The van der Waals surface area contributed by atoms with Gasteiger partial charge >= 0.3 is 0 Å². The van der Waals surface area contributed by atoms with Gasteiger partial charge in [-0.3, -0.25) is 0 Å². The molecular weight excluding hydrogens is 1260 g/mol. The summed E-state index contributed by atoms with van der Waals surface area (Å²) in [6.45, 7) is 0. The van der Waals surface area contributed by atoms with Crippen molar-refractivity contribution < 1.29 is 0 Å². The molecule has 1 aromatic heterocycles. The van der Waals surface area contributed by atoms with Crippen LogP contribution in [0, 0.1) is 0 Å². The fraction of sp³-hybridized carbons (Fsp3) is 0. The van der Waals surface area contributed by atoms with Crippen LogP contribution in [-0.4, -0.2) is 0 Å². The Bertz CT molecular complexity index is 6780. The first kappa shape index (κ1) is 59.8. The number of anilines is 6.